The average Bonchev–Trinajstić information content (AvgIpc) is 2.43. The van der Waals surface area contributed by atoms with Gasteiger partial charge < -0.3 is 4.42 Å². The monoisotopic (exact) mass is 270 g/mol. The molecule has 0 saturated carbocycles. The van der Waals surface area contributed by atoms with Gasteiger partial charge in [0.2, 0.25) is 0 Å². The van der Waals surface area contributed by atoms with Crippen LogP contribution in [0.1, 0.15) is 5.56 Å². The zero-order chi connectivity index (χ0) is 13.4. The maximum Gasteiger partial charge on any atom is 0.200 e. The molecule has 0 atom stereocenters. The summed E-state index contributed by atoms with van der Waals surface area (Å²) in [6.45, 7) is 1.94. The molecule has 0 aliphatic heterocycles. The summed E-state index contributed by atoms with van der Waals surface area (Å²) in [5.74, 6) is 0. The summed E-state index contributed by atoms with van der Waals surface area (Å²) in [5.41, 5.74) is 2.90. The van der Waals surface area contributed by atoms with Crippen molar-refractivity contribution in [1.82, 2.24) is 0 Å². The minimum atomic E-state index is -0.0350. The Morgan fingerprint density at radius 3 is 2.68 bits per heavy atom. The zero-order valence-electron chi connectivity index (χ0n) is 10.3. The van der Waals surface area contributed by atoms with Crippen LogP contribution in [-0.2, 0) is 0 Å². The first-order chi connectivity index (χ1) is 9.16. The lowest BCUT2D eigenvalue weighted by Gasteiger charge is -2.06. The molecule has 1 heterocycles. The normalized spacial score (nSPS) is 10.8. The molecule has 0 saturated heterocycles. The van der Waals surface area contributed by atoms with Gasteiger partial charge in [-0.15, -0.1) is 0 Å². The molecule has 19 heavy (non-hydrogen) atoms. The Bertz CT molecular complexity index is 818. The predicted octanol–water partition coefficient (Wildman–Crippen LogP) is 4.42. The van der Waals surface area contributed by atoms with Crippen LogP contribution in [0.4, 0.5) is 0 Å². The van der Waals surface area contributed by atoms with Crippen molar-refractivity contribution in [1.29, 1.82) is 0 Å². The van der Waals surface area contributed by atoms with E-state index in [2.05, 4.69) is 0 Å². The summed E-state index contributed by atoms with van der Waals surface area (Å²) < 4.78 is 5.53. The molecule has 0 spiro atoms. The van der Waals surface area contributed by atoms with Crippen molar-refractivity contribution in [3.8, 4) is 11.1 Å². The molecule has 2 aromatic carbocycles. The average molecular weight is 271 g/mol. The number of benzene rings is 2. The highest BCUT2D eigenvalue weighted by molar-refractivity contribution is 6.30. The van der Waals surface area contributed by atoms with Gasteiger partial charge in [-0.25, -0.2) is 0 Å². The van der Waals surface area contributed by atoms with Gasteiger partial charge in [-0.05, 0) is 42.3 Å². The highest BCUT2D eigenvalue weighted by Gasteiger charge is 2.11. The molecule has 3 aromatic rings. The molecule has 0 radical (unpaired) electrons. The van der Waals surface area contributed by atoms with E-state index in [0.717, 1.165) is 11.1 Å². The van der Waals surface area contributed by atoms with Crippen LogP contribution in [0.25, 0.3) is 22.1 Å². The van der Waals surface area contributed by atoms with E-state index in [1.165, 1.54) is 6.26 Å². The molecular formula is C16H11ClO2. The SMILES string of the molecule is Cc1ccc(Cl)cc1-c1coc2ccccc2c1=O. The maximum absolute atomic E-state index is 12.5. The molecule has 0 amide bonds. The van der Waals surface area contributed by atoms with Gasteiger partial charge in [0.05, 0.1) is 10.9 Å². The summed E-state index contributed by atoms with van der Waals surface area (Å²) >= 11 is 6.00. The Kier molecular flexibility index (Phi) is 2.88. The first-order valence-corrected chi connectivity index (χ1v) is 6.31. The Hall–Kier alpha value is -2.06. The second-order valence-corrected chi connectivity index (χ2v) is 4.87. The van der Waals surface area contributed by atoms with Crippen molar-refractivity contribution >= 4 is 22.6 Å². The fourth-order valence-corrected chi connectivity index (χ4v) is 2.32. The van der Waals surface area contributed by atoms with Crippen molar-refractivity contribution in [3.05, 3.63) is 69.5 Å². The third-order valence-corrected chi connectivity index (χ3v) is 3.40. The topological polar surface area (TPSA) is 30.2 Å². The van der Waals surface area contributed by atoms with Gasteiger partial charge in [-0.1, -0.05) is 29.8 Å². The number of para-hydroxylation sites is 1. The third-order valence-electron chi connectivity index (χ3n) is 3.17. The molecular weight excluding hydrogens is 260 g/mol. The number of hydrogen-bond acceptors (Lipinski definition) is 2. The van der Waals surface area contributed by atoms with Gasteiger partial charge in [-0.2, -0.15) is 0 Å². The van der Waals surface area contributed by atoms with Gasteiger partial charge in [0.25, 0.3) is 0 Å². The molecule has 94 valence electrons. The van der Waals surface area contributed by atoms with E-state index in [4.69, 9.17) is 16.0 Å². The van der Waals surface area contributed by atoms with E-state index >= 15 is 0 Å². The van der Waals surface area contributed by atoms with Gasteiger partial charge in [0.1, 0.15) is 11.8 Å². The van der Waals surface area contributed by atoms with Crippen molar-refractivity contribution in [3.63, 3.8) is 0 Å². The van der Waals surface area contributed by atoms with E-state index in [-0.39, 0.29) is 5.43 Å². The van der Waals surface area contributed by atoms with Gasteiger partial charge >= 0.3 is 0 Å². The van der Waals surface area contributed by atoms with Crippen molar-refractivity contribution in [2.24, 2.45) is 0 Å². The van der Waals surface area contributed by atoms with Crippen LogP contribution in [0.5, 0.6) is 0 Å². The van der Waals surface area contributed by atoms with Crippen molar-refractivity contribution < 1.29 is 4.42 Å². The molecule has 3 heteroatoms. The van der Waals surface area contributed by atoms with Crippen LogP contribution in [0.2, 0.25) is 5.02 Å². The minimum absolute atomic E-state index is 0.0350. The predicted molar refractivity (Wildman–Crippen MR) is 77.7 cm³/mol. The number of halogens is 1. The number of rotatable bonds is 1. The lowest BCUT2D eigenvalue weighted by atomic mass is 10.0. The van der Waals surface area contributed by atoms with Crippen molar-refractivity contribution in [2.75, 3.05) is 0 Å². The van der Waals surface area contributed by atoms with Gasteiger partial charge in [-0.3, -0.25) is 4.79 Å². The lowest BCUT2D eigenvalue weighted by molar-refractivity contribution is 0.604. The first kappa shape index (κ1) is 12.0. The van der Waals surface area contributed by atoms with Crippen LogP contribution >= 0.6 is 11.6 Å². The maximum atomic E-state index is 12.5. The molecule has 3 rings (SSSR count). The highest BCUT2D eigenvalue weighted by Crippen LogP contribution is 2.25. The van der Waals surface area contributed by atoms with E-state index in [1.807, 2.05) is 31.2 Å². The highest BCUT2D eigenvalue weighted by atomic mass is 35.5. The molecule has 0 unspecified atom stereocenters. The van der Waals surface area contributed by atoms with E-state index in [9.17, 15) is 4.79 Å². The summed E-state index contributed by atoms with van der Waals surface area (Å²) in [6.07, 6.45) is 1.50. The smallest absolute Gasteiger partial charge is 0.200 e. The zero-order valence-corrected chi connectivity index (χ0v) is 11.1. The number of aryl methyl sites for hydroxylation is 1. The Morgan fingerprint density at radius 1 is 1.05 bits per heavy atom. The van der Waals surface area contributed by atoms with Crippen LogP contribution in [0, 0.1) is 6.92 Å². The fourth-order valence-electron chi connectivity index (χ4n) is 2.15. The van der Waals surface area contributed by atoms with Crippen LogP contribution in [0.15, 0.2) is 57.9 Å². The number of hydrogen-bond donors (Lipinski definition) is 0. The van der Waals surface area contributed by atoms with Crippen molar-refractivity contribution in [2.45, 2.75) is 6.92 Å². The molecule has 0 bridgehead atoms. The standard InChI is InChI=1S/C16H11ClO2/c1-10-6-7-11(17)8-13(10)14-9-19-15-5-3-2-4-12(15)16(14)18/h2-9H,1H3. The lowest BCUT2D eigenvalue weighted by Crippen LogP contribution is -2.05. The number of fused-ring (bicyclic) bond motifs is 1. The molecule has 0 fully saturated rings. The molecule has 0 aliphatic carbocycles. The van der Waals surface area contributed by atoms with Crippen LogP contribution in [0.3, 0.4) is 0 Å². The molecule has 0 N–H and O–H groups in total. The second-order valence-electron chi connectivity index (χ2n) is 4.43. The molecule has 2 nitrogen and oxygen atoms in total. The second kappa shape index (κ2) is 4.56. The van der Waals surface area contributed by atoms with Crippen LogP contribution in [-0.4, -0.2) is 0 Å². The minimum Gasteiger partial charge on any atom is -0.463 e. The Balaban J connectivity index is 2.35. The Labute approximate surface area is 115 Å². The summed E-state index contributed by atoms with van der Waals surface area (Å²) in [4.78, 5) is 12.5. The van der Waals surface area contributed by atoms with E-state index in [1.54, 1.807) is 18.2 Å². The first-order valence-electron chi connectivity index (χ1n) is 5.94. The third kappa shape index (κ3) is 2.04. The fraction of sp³-hybridized carbons (Fsp3) is 0.0625. The van der Waals surface area contributed by atoms with E-state index in [0.29, 0.717) is 21.6 Å². The van der Waals surface area contributed by atoms with Gasteiger partial charge in [0.15, 0.2) is 5.43 Å². The largest absolute Gasteiger partial charge is 0.463 e. The summed E-state index contributed by atoms with van der Waals surface area (Å²) in [5, 5.41) is 1.19. The van der Waals surface area contributed by atoms with E-state index < -0.39 is 0 Å². The summed E-state index contributed by atoms with van der Waals surface area (Å²) in [7, 11) is 0. The van der Waals surface area contributed by atoms with Crippen LogP contribution < -0.4 is 5.43 Å². The molecule has 0 aliphatic rings. The Morgan fingerprint density at radius 2 is 1.84 bits per heavy atom. The van der Waals surface area contributed by atoms with Gasteiger partial charge in [0, 0.05) is 5.02 Å². The quantitative estimate of drug-likeness (QED) is 0.655. The molecule has 1 aromatic heterocycles. The summed E-state index contributed by atoms with van der Waals surface area (Å²) in [6, 6.07) is 12.7.